The summed E-state index contributed by atoms with van der Waals surface area (Å²) < 4.78 is 0. The predicted octanol–water partition coefficient (Wildman–Crippen LogP) is 3.67. The monoisotopic (exact) mass is 261 g/mol. The number of benzene rings is 1. The fourth-order valence-electron chi connectivity index (χ4n) is 3.02. The molecule has 0 heterocycles. The third kappa shape index (κ3) is 4.63. The van der Waals surface area contributed by atoms with Crippen molar-refractivity contribution in [2.45, 2.75) is 57.6 Å². The quantitative estimate of drug-likeness (QED) is 0.819. The molecule has 1 aromatic rings. The van der Waals surface area contributed by atoms with Crippen LogP contribution in [0.15, 0.2) is 30.3 Å². The standard InChI is InChI=1S/C17H27NO/c1-2-6-17(15-7-4-3-5-8-15)18-13-14-9-11-16(19)12-10-14/h3-5,7-8,14,16-19H,2,6,9-13H2,1H3. The highest BCUT2D eigenvalue weighted by molar-refractivity contribution is 5.18. The van der Waals surface area contributed by atoms with Gasteiger partial charge in [0.1, 0.15) is 0 Å². The van der Waals surface area contributed by atoms with Crippen LogP contribution in [0.4, 0.5) is 0 Å². The molecule has 0 amide bonds. The Hall–Kier alpha value is -0.860. The van der Waals surface area contributed by atoms with E-state index in [4.69, 9.17) is 0 Å². The minimum atomic E-state index is -0.0446. The van der Waals surface area contributed by atoms with Crippen LogP contribution in [0.1, 0.15) is 57.1 Å². The Morgan fingerprint density at radius 2 is 1.84 bits per heavy atom. The molecule has 2 N–H and O–H groups in total. The van der Waals surface area contributed by atoms with E-state index in [1.165, 1.54) is 31.2 Å². The van der Waals surface area contributed by atoms with Crippen LogP contribution in [-0.2, 0) is 0 Å². The fraction of sp³-hybridized carbons (Fsp3) is 0.647. The molecule has 2 nitrogen and oxygen atoms in total. The molecular formula is C17H27NO. The average molecular weight is 261 g/mol. The number of aliphatic hydroxyl groups is 1. The van der Waals surface area contributed by atoms with Gasteiger partial charge >= 0.3 is 0 Å². The van der Waals surface area contributed by atoms with Crippen molar-refractivity contribution in [1.82, 2.24) is 5.32 Å². The molecule has 1 unspecified atom stereocenters. The second-order valence-corrected chi connectivity index (χ2v) is 5.83. The van der Waals surface area contributed by atoms with Gasteiger partial charge in [0.05, 0.1) is 6.10 Å². The molecule has 2 rings (SSSR count). The third-order valence-electron chi connectivity index (χ3n) is 4.25. The van der Waals surface area contributed by atoms with E-state index in [1.807, 2.05) is 0 Å². The average Bonchev–Trinajstić information content (AvgIpc) is 2.46. The van der Waals surface area contributed by atoms with E-state index in [-0.39, 0.29) is 6.10 Å². The van der Waals surface area contributed by atoms with Gasteiger partial charge in [-0.25, -0.2) is 0 Å². The van der Waals surface area contributed by atoms with Gasteiger partial charge in [0, 0.05) is 6.04 Å². The maximum Gasteiger partial charge on any atom is 0.0540 e. The Morgan fingerprint density at radius 1 is 1.16 bits per heavy atom. The molecular weight excluding hydrogens is 234 g/mol. The topological polar surface area (TPSA) is 32.3 Å². The van der Waals surface area contributed by atoms with Crippen molar-refractivity contribution in [3.05, 3.63) is 35.9 Å². The zero-order valence-corrected chi connectivity index (χ0v) is 12.0. The second-order valence-electron chi connectivity index (χ2n) is 5.83. The summed E-state index contributed by atoms with van der Waals surface area (Å²) in [7, 11) is 0. The van der Waals surface area contributed by atoms with Crippen molar-refractivity contribution in [2.24, 2.45) is 5.92 Å². The second kappa shape index (κ2) is 7.66. The van der Waals surface area contributed by atoms with Gasteiger partial charge in [0.2, 0.25) is 0 Å². The lowest BCUT2D eigenvalue weighted by Crippen LogP contribution is -2.30. The van der Waals surface area contributed by atoms with E-state index < -0.39 is 0 Å². The first-order valence-electron chi connectivity index (χ1n) is 7.76. The maximum absolute atomic E-state index is 9.55. The van der Waals surface area contributed by atoms with Gasteiger partial charge in [-0.1, -0.05) is 43.7 Å². The molecule has 1 atom stereocenters. The summed E-state index contributed by atoms with van der Waals surface area (Å²) in [4.78, 5) is 0. The van der Waals surface area contributed by atoms with Gasteiger partial charge in [-0.15, -0.1) is 0 Å². The maximum atomic E-state index is 9.55. The van der Waals surface area contributed by atoms with Gasteiger partial charge in [0.15, 0.2) is 0 Å². The summed E-state index contributed by atoms with van der Waals surface area (Å²) in [6, 6.07) is 11.2. The van der Waals surface area contributed by atoms with Crippen LogP contribution in [0.25, 0.3) is 0 Å². The van der Waals surface area contributed by atoms with Crippen molar-refractivity contribution < 1.29 is 5.11 Å². The Labute approximate surface area is 117 Å². The molecule has 106 valence electrons. The van der Waals surface area contributed by atoms with Crippen LogP contribution in [0.5, 0.6) is 0 Å². The van der Waals surface area contributed by atoms with Crippen LogP contribution < -0.4 is 5.32 Å². The van der Waals surface area contributed by atoms with E-state index in [2.05, 4.69) is 42.6 Å². The minimum absolute atomic E-state index is 0.0446. The van der Waals surface area contributed by atoms with Crippen LogP contribution in [0.3, 0.4) is 0 Å². The smallest absolute Gasteiger partial charge is 0.0540 e. The molecule has 1 aromatic carbocycles. The van der Waals surface area contributed by atoms with E-state index in [0.717, 1.165) is 25.3 Å². The Bertz CT molecular complexity index is 344. The highest BCUT2D eigenvalue weighted by Crippen LogP contribution is 2.25. The molecule has 0 saturated heterocycles. The van der Waals surface area contributed by atoms with Crippen molar-refractivity contribution in [2.75, 3.05) is 6.54 Å². The van der Waals surface area contributed by atoms with Crippen LogP contribution >= 0.6 is 0 Å². The first kappa shape index (κ1) is 14.5. The molecule has 0 aliphatic heterocycles. The lowest BCUT2D eigenvalue weighted by atomic mass is 9.87. The zero-order valence-electron chi connectivity index (χ0n) is 12.0. The zero-order chi connectivity index (χ0) is 13.5. The number of aliphatic hydroxyl groups excluding tert-OH is 1. The number of rotatable bonds is 6. The van der Waals surface area contributed by atoms with Crippen LogP contribution in [0.2, 0.25) is 0 Å². The van der Waals surface area contributed by atoms with E-state index in [0.29, 0.717) is 6.04 Å². The molecule has 0 bridgehead atoms. The molecule has 0 spiro atoms. The van der Waals surface area contributed by atoms with Gasteiger partial charge in [-0.3, -0.25) is 0 Å². The summed E-state index contributed by atoms with van der Waals surface area (Å²) in [6.07, 6.45) is 6.65. The third-order valence-corrected chi connectivity index (χ3v) is 4.25. The van der Waals surface area contributed by atoms with Crippen molar-refractivity contribution in [3.8, 4) is 0 Å². The van der Waals surface area contributed by atoms with Crippen LogP contribution in [0, 0.1) is 5.92 Å². The molecule has 2 heteroatoms. The molecule has 1 aliphatic rings. The van der Waals surface area contributed by atoms with Crippen molar-refractivity contribution in [1.29, 1.82) is 0 Å². The van der Waals surface area contributed by atoms with Gasteiger partial charge in [0.25, 0.3) is 0 Å². The first-order valence-corrected chi connectivity index (χ1v) is 7.76. The number of hydrogen-bond donors (Lipinski definition) is 2. The lowest BCUT2D eigenvalue weighted by molar-refractivity contribution is 0.107. The Morgan fingerprint density at radius 3 is 2.47 bits per heavy atom. The Balaban J connectivity index is 1.84. The molecule has 0 aromatic heterocycles. The molecule has 1 aliphatic carbocycles. The highest BCUT2D eigenvalue weighted by Gasteiger charge is 2.20. The number of nitrogens with one attached hydrogen (secondary N) is 1. The fourth-order valence-corrected chi connectivity index (χ4v) is 3.02. The lowest BCUT2D eigenvalue weighted by Gasteiger charge is -2.28. The molecule has 19 heavy (non-hydrogen) atoms. The van der Waals surface area contributed by atoms with Gasteiger partial charge in [-0.05, 0) is 50.1 Å². The highest BCUT2D eigenvalue weighted by atomic mass is 16.3. The summed E-state index contributed by atoms with van der Waals surface area (Å²) >= 11 is 0. The van der Waals surface area contributed by atoms with E-state index in [1.54, 1.807) is 0 Å². The van der Waals surface area contributed by atoms with Gasteiger partial charge in [-0.2, -0.15) is 0 Å². The minimum Gasteiger partial charge on any atom is -0.393 e. The van der Waals surface area contributed by atoms with Crippen molar-refractivity contribution in [3.63, 3.8) is 0 Å². The summed E-state index contributed by atoms with van der Waals surface area (Å²) in [6.45, 7) is 3.33. The molecule has 1 saturated carbocycles. The van der Waals surface area contributed by atoms with E-state index in [9.17, 15) is 5.11 Å². The van der Waals surface area contributed by atoms with E-state index >= 15 is 0 Å². The van der Waals surface area contributed by atoms with Crippen molar-refractivity contribution >= 4 is 0 Å². The predicted molar refractivity (Wildman–Crippen MR) is 80.1 cm³/mol. The first-order chi connectivity index (χ1) is 9.29. The number of hydrogen-bond acceptors (Lipinski definition) is 2. The summed E-state index contributed by atoms with van der Waals surface area (Å²) in [5.74, 6) is 0.742. The summed E-state index contributed by atoms with van der Waals surface area (Å²) in [5, 5.41) is 13.3. The molecule has 0 radical (unpaired) electrons. The largest absolute Gasteiger partial charge is 0.393 e. The normalized spacial score (nSPS) is 25.2. The SMILES string of the molecule is CCCC(NCC1CCC(O)CC1)c1ccccc1. The Kier molecular flexibility index (Phi) is 5.87. The van der Waals surface area contributed by atoms with Gasteiger partial charge < -0.3 is 10.4 Å². The van der Waals surface area contributed by atoms with Crippen LogP contribution in [-0.4, -0.2) is 17.8 Å². The summed E-state index contributed by atoms with van der Waals surface area (Å²) in [5.41, 5.74) is 1.40. The molecule has 1 fully saturated rings.